The Morgan fingerprint density at radius 3 is 2.67 bits per heavy atom. The van der Waals surface area contributed by atoms with Crippen LogP contribution in [0.15, 0.2) is 47.1 Å². The monoisotopic (exact) mass is 373 g/mol. The number of benzene rings is 1. The van der Waals surface area contributed by atoms with Gasteiger partial charge in [-0.15, -0.1) is 0 Å². The molecule has 0 bridgehead atoms. The molecule has 0 aliphatic carbocycles. The average Bonchev–Trinajstić information content (AvgIpc) is 3.20. The summed E-state index contributed by atoms with van der Waals surface area (Å²) in [6, 6.07) is 9.83. The number of nitrogens with one attached hydrogen (secondary N) is 2. The van der Waals surface area contributed by atoms with Gasteiger partial charge < -0.3 is 20.0 Å². The molecule has 0 spiro atoms. The fraction of sp³-hybridized carbons (Fsp3) is 0.400. The highest BCUT2D eigenvalue weighted by Crippen LogP contribution is 2.17. The molecule has 2 heterocycles. The van der Waals surface area contributed by atoms with Crippen LogP contribution < -0.4 is 10.6 Å². The number of piperidine rings is 1. The molecular weight excluding hydrogens is 349 g/mol. The Balaban J connectivity index is 1.35. The largest absolute Gasteiger partial charge is 0.467 e. The van der Waals surface area contributed by atoms with Gasteiger partial charge in [0.05, 0.1) is 12.8 Å². The number of halogens is 1. The maximum absolute atomic E-state index is 13.2. The molecule has 1 aromatic carbocycles. The van der Waals surface area contributed by atoms with E-state index in [1.54, 1.807) is 29.4 Å². The van der Waals surface area contributed by atoms with E-state index < -0.39 is 0 Å². The lowest BCUT2D eigenvalue weighted by atomic mass is 9.96. The molecule has 6 nitrogen and oxygen atoms in total. The summed E-state index contributed by atoms with van der Waals surface area (Å²) >= 11 is 0. The molecule has 0 saturated carbocycles. The van der Waals surface area contributed by atoms with Crippen molar-refractivity contribution >= 4 is 11.9 Å². The average molecular weight is 373 g/mol. The molecule has 0 atom stereocenters. The summed E-state index contributed by atoms with van der Waals surface area (Å²) in [5.41, 5.74) is 0.860. The van der Waals surface area contributed by atoms with Crippen LogP contribution in [-0.4, -0.2) is 36.5 Å². The van der Waals surface area contributed by atoms with E-state index in [1.807, 2.05) is 6.07 Å². The summed E-state index contributed by atoms with van der Waals surface area (Å²) in [4.78, 5) is 26.2. The summed E-state index contributed by atoms with van der Waals surface area (Å²) in [7, 11) is 0. The second-order valence-electron chi connectivity index (χ2n) is 6.67. The molecule has 27 heavy (non-hydrogen) atoms. The molecule has 3 rings (SSSR count). The number of rotatable bonds is 6. The van der Waals surface area contributed by atoms with Crippen LogP contribution in [0.3, 0.4) is 0 Å². The van der Waals surface area contributed by atoms with E-state index in [2.05, 4.69) is 10.6 Å². The Morgan fingerprint density at radius 1 is 1.15 bits per heavy atom. The zero-order chi connectivity index (χ0) is 19.1. The van der Waals surface area contributed by atoms with Crippen molar-refractivity contribution in [1.82, 2.24) is 15.5 Å². The number of urea groups is 1. The van der Waals surface area contributed by atoms with E-state index in [0.29, 0.717) is 51.2 Å². The van der Waals surface area contributed by atoms with Gasteiger partial charge in [-0.05, 0) is 49.1 Å². The maximum atomic E-state index is 13.2. The second kappa shape index (κ2) is 9.21. The fourth-order valence-electron chi connectivity index (χ4n) is 3.20. The number of carbonyl (C=O) groups is 2. The van der Waals surface area contributed by atoms with E-state index in [1.165, 1.54) is 12.1 Å². The van der Waals surface area contributed by atoms with Crippen molar-refractivity contribution in [3.8, 4) is 0 Å². The van der Waals surface area contributed by atoms with Crippen LogP contribution in [0, 0.1) is 11.7 Å². The third-order valence-electron chi connectivity index (χ3n) is 4.75. The first-order valence-corrected chi connectivity index (χ1v) is 9.19. The quantitative estimate of drug-likeness (QED) is 0.818. The standard InChI is InChI=1S/C20H24FN3O3/c21-17-4-1-3-15(13-17)6-9-22-19(25)16-7-10-24(11-8-16)20(26)23-14-18-5-2-12-27-18/h1-5,12-13,16H,6-11,14H2,(H,22,25)(H,23,26). The van der Waals surface area contributed by atoms with E-state index >= 15 is 0 Å². The number of furan rings is 1. The highest BCUT2D eigenvalue weighted by Gasteiger charge is 2.27. The summed E-state index contributed by atoms with van der Waals surface area (Å²) < 4.78 is 18.3. The topological polar surface area (TPSA) is 74.6 Å². The van der Waals surface area contributed by atoms with Crippen LogP contribution in [0.25, 0.3) is 0 Å². The van der Waals surface area contributed by atoms with Crippen LogP contribution in [0.2, 0.25) is 0 Å². The molecule has 1 aliphatic heterocycles. The highest BCUT2D eigenvalue weighted by atomic mass is 19.1. The van der Waals surface area contributed by atoms with Crippen molar-refractivity contribution in [3.63, 3.8) is 0 Å². The van der Waals surface area contributed by atoms with E-state index in [0.717, 1.165) is 5.56 Å². The van der Waals surface area contributed by atoms with Crippen LogP contribution in [0.1, 0.15) is 24.2 Å². The van der Waals surface area contributed by atoms with Crippen LogP contribution >= 0.6 is 0 Å². The van der Waals surface area contributed by atoms with E-state index in [-0.39, 0.29) is 23.7 Å². The number of carbonyl (C=O) groups excluding carboxylic acids is 2. The molecule has 1 fully saturated rings. The van der Waals surface area contributed by atoms with Crippen molar-refractivity contribution < 1.29 is 18.4 Å². The first kappa shape index (κ1) is 18.9. The Morgan fingerprint density at radius 2 is 1.96 bits per heavy atom. The second-order valence-corrected chi connectivity index (χ2v) is 6.67. The SMILES string of the molecule is O=C(NCCc1cccc(F)c1)C1CCN(C(=O)NCc2ccco2)CC1. The van der Waals surface area contributed by atoms with Gasteiger partial charge in [-0.25, -0.2) is 9.18 Å². The minimum atomic E-state index is -0.267. The number of nitrogens with zero attached hydrogens (tertiary/aromatic N) is 1. The van der Waals surface area contributed by atoms with Gasteiger partial charge in [0.15, 0.2) is 0 Å². The van der Waals surface area contributed by atoms with Crippen molar-refractivity contribution in [2.24, 2.45) is 5.92 Å². The molecule has 0 unspecified atom stereocenters. The van der Waals surface area contributed by atoms with Gasteiger partial charge >= 0.3 is 6.03 Å². The number of amides is 3. The van der Waals surface area contributed by atoms with Crippen molar-refractivity contribution in [1.29, 1.82) is 0 Å². The van der Waals surface area contributed by atoms with Gasteiger partial charge in [0.1, 0.15) is 11.6 Å². The molecule has 0 radical (unpaired) electrons. The number of likely N-dealkylation sites (tertiary alicyclic amines) is 1. The zero-order valence-electron chi connectivity index (χ0n) is 15.1. The van der Waals surface area contributed by atoms with Crippen LogP contribution in [0.5, 0.6) is 0 Å². The maximum Gasteiger partial charge on any atom is 0.317 e. The van der Waals surface area contributed by atoms with Crippen molar-refractivity contribution in [2.45, 2.75) is 25.8 Å². The predicted octanol–water partition coefficient (Wildman–Crippen LogP) is 2.70. The minimum Gasteiger partial charge on any atom is -0.467 e. The predicted molar refractivity (Wildman–Crippen MR) is 98.4 cm³/mol. The van der Waals surface area contributed by atoms with Gasteiger partial charge in [0.2, 0.25) is 5.91 Å². The highest BCUT2D eigenvalue weighted by molar-refractivity contribution is 5.79. The van der Waals surface area contributed by atoms with E-state index in [4.69, 9.17) is 4.42 Å². The molecule has 1 aliphatic rings. The normalized spacial score (nSPS) is 14.8. The van der Waals surface area contributed by atoms with Crippen LogP contribution in [-0.2, 0) is 17.8 Å². The molecular formula is C20H24FN3O3. The molecule has 1 aromatic heterocycles. The molecule has 2 aromatic rings. The molecule has 2 N–H and O–H groups in total. The summed E-state index contributed by atoms with van der Waals surface area (Å²) in [5.74, 6) is 0.348. The lowest BCUT2D eigenvalue weighted by molar-refractivity contribution is -0.126. The number of hydrogen-bond donors (Lipinski definition) is 2. The lowest BCUT2D eigenvalue weighted by Crippen LogP contribution is -2.46. The third kappa shape index (κ3) is 5.57. The van der Waals surface area contributed by atoms with E-state index in [9.17, 15) is 14.0 Å². The van der Waals surface area contributed by atoms with Gasteiger partial charge in [0, 0.05) is 25.6 Å². The van der Waals surface area contributed by atoms with Crippen molar-refractivity contribution in [2.75, 3.05) is 19.6 Å². The first-order chi connectivity index (χ1) is 13.1. The smallest absolute Gasteiger partial charge is 0.317 e. The van der Waals surface area contributed by atoms with Crippen LogP contribution in [0.4, 0.5) is 9.18 Å². The molecule has 1 saturated heterocycles. The summed E-state index contributed by atoms with van der Waals surface area (Å²) in [6.07, 6.45) is 3.44. The van der Waals surface area contributed by atoms with Gasteiger partial charge in [-0.3, -0.25) is 4.79 Å². The van der Waals surface area contributed by atoms with Gasteiger partial charge in [0.25, 0.3) is 0 Å². The summed E-state index contributed by atoms with van der Waals surface area (Å²) in [5, 5.41) is 5.73. The third-order valence-corrected chi connectivity index (χ3v) is 4.75. The molecule has 7 heteroatoms. The first-order valence-electron chi connectivity index (χ1n) is 9.19. The summed E-state index contributed by atoms with van der Waals surface area (Å²) in [6.45, 7) is 1.93. The Hall–Kier alpha value is -2.83. The van der Waals surface area contributed by atoms with Gasteiger partial charge in [-0.2, -0.15) is 0 Å². The fourth-order valence-corrected chi connectivity index (χ4v) is 3.20. The molecule has 3 amide bonds. The Kier molecular flexibility index (Phi) is 6.46. The zero-order valence-corrected chi connectivity index (χ0v) is 15.1. The Labute approximate surface area is 157 Å². The van der Waals surface area contributed by atoms with Crippen molar-refractivity contribution in [3.05, 3.63) is 59.8 Å². The lowest BCUT2D eigenvalue weighted by Gasteiger charge is -2.31. The number of hydrogen-bond acceptors (Lipinski definition) is 3. The Bertz CT molecular complexity index is 756. The minimum absolute atomic E-state index is 0.00190. The van der Waals surface area contributed by atoms with Gasteiger partial charge in [-0.1, -0.05) is 12.1 Å². The molecule has 144 valence electrons.